The van der Waals surface area contributed by atoms with Crippen LogP contribution in [0.25, 0.3) is 5.65 Å². The molecule has 0 aromatic carbocycles. The second kappa shape index (κ2) is 7.98. The Morgan fingerprint density at radius 3 is 2.94 bits per heavy atom. The molecule has 6 rings (SSSR count). The molecule has 1 aliphatic heterocycles. The topological polar surface area (TPSA) is 116 Å². The average Bonchev–Trinajstić information content (AvgIpc) is 3.20. The lowest BCUT2D eigenvalue weighted by atomic mass is 9.97. The van der Waals surface area contributed by atoms with E-state index in [1.165, 1.54) is 12.8 Å². The highest BCUT2D eigenvalue weighted by atomic mass is 35.5. The second-order valence-corrected chi connectivity index (χ2v) is 9.43. The van der Waals surface area contributed by atoms with Crippen molar-refractivity contribution in [2.24, 2.45) is 0 Å². The molecule has 11 heteroatoms. The quantitative estimate of drug-likeness (QED) is 0.358. The molecule has 0 radical (unpaired) electrons. The van der Waals surface area contributed by atoms with Crippen LogP contribution in [0.4, 0.5) is 23.4 Å². The third-order valence-electron chi connectivity index (χ3n) is 6.59. The van der Waals surface area contributed by atoms with Gasteiger partial charge in [0, 0.05) is 30.4 Å². The molecule has 4 aromatic heterocycles. The number of hydrogen-bond acceptors (Lipinski definition) is 7. The minimum atomic E-state index is -0.812. The van der Waals surface area contributed by atoms with Gasteiger partial charge < -0.3 is 15.5 Å². The molecule has 0 unspecified atom stereocenters. The number of aromatic amines is 1. The zero-order chi connectivity index (χ0) is 23.3. The lowest BCUT2D eigenvalue weighted by Crippen LogP contribution is -2.51. The molecule has 10 nitrogen and oxygen atoms in total. The van der Waals surface area contributed by atoms with Gasteiger partial charge in [-0.3, -0.25) is 14.3 Å². The Morgan fingerprint density at radius 2 is 2.15 bits per heavy atom. The average molecular weight is 478 g/mol. The van der Waals surface area contributed by atoms with Gasteiger partial charge >= 0.3 is 0 Å². The van der Waals surface area contributed by atoms with Gasteiger partial charge in [-0.1, -0.05) is 11.6 Å². The van der Waals surface area contributed by atoms with E-state index in [1.807, 2.05) is 40.6 Å². The Kier molecular flexibility index (Phi) is 4.91. The molecule has 1 atom stereocenters. The van der Waals surface area contributed by atoms with Crippen LogP contribution in [0.5, 0.6) is 0 Å². The summed E-state index contributed by atoms with van der Waals surface area (Å²) in [5.41, 5.74) is 1.66. The zero-order valence-corrected chi connectivity index (χ0v) is 19.4. The van der Waals surface area contributed by atoms with Crippen LogP contribution < -0.4 is 15.5 Å². The first-order valence-electron chi connectivity index (χ1n) is 11.4. The highest BCUT2D eigenvalue weighted by Gasteiger charge is 2.45. The van der Waals surface area contributed by atoms with Crippen molar-refractivity contribution in [3.05, 3.63) is 53.6 Å². The summed E-state index contributed by atoms with van der Waals surface area (Å²) in [6.45, 7) is 2.60. The molecule has 1 saturated carbocycles. The van der Waals surface area contributed by atoms with E-state index in [2.05, 4.69) is 25.8 Å². The number of nitrogens with one attached hydrogen (secondary N) is 3. The second-order valence-electron chi connectivity index (χ2n) is 9.04. The normalized spacial score (nSPS) is 20.1. The highest BCUT2D eigenvalue weighted by Crippen LogP contribution is 2.40. The minimum Gasteiger partial charge on any atom is -0.326 e. The molecule has 3 N–H and O–H groups in total. The Morgan fingerprint density at radius 1 is 1.26 bits per heavy atom. The SMILES string of the molecule is C[C@@]1(C(=O)Nc2ccc(Cl)nc2)CCCN1c1nc(Nc2cc(C3CC3)[nH]n2)n2cccc2n1. The number of carbonyl (C=O) groups is 1. The van der Waals surface area contributed by atoms with Gasteiger partial charge in [-0.05, 0) is 56.9 Å². The Labute approximate surface area is 200 Å². The van der Waals surface area contributed by atoms with E-state index < -0.39 is 5.54 Å². The first-order chi connectivity index (χ1) is 16.5. The Bertz CT molecular complexity index is 1360. The van der Waals surface area contributed by atoms with Gasteiger partial charge in [-0.25, -0.2) is 4.98 Å². The maximum atomic E-state index is 13.4. The fraction of sp³-hybridized carbons (Fsp3) is 0.348. The molecule has 5 heterocycles. The van der Waals surface area contributed by atoms with Crippen molar-refractivity contribution < 1.29 is 4.79 Å². The van der Waals surface area contributed by atoms with E-state index in [1.54, 1.807) is 18.3 Å². The number of fused-ring (bicyclic) bond motifs is 1. The summed E-state index contributed by atoms with van der Waals surface area (Å²) in [7, 11) is 0. The number of nitrogens with zero attached hydrogens (tertiary/aromatic N) is 6. The molecule has 0 spiro atoms. The standard InChI is InChI=1S/C23H24ClN9O/c1-23(20(34)26-15-7-8-17(24)25-13-15)9-3-11-33(23)22-28-19-4-2-10-32(19)21(29-22)27-18-12-16(30-31-18)14-5-6-14/h2,4,7-8,10,12-14H,3,5-6,9,11H2,1H3,(H,26,34)(H2,27,28,29,30,31)/t23-/m0/s1. The van der Waals surface area contributed by atoms with Gasteiger partial charge in [0.25, 0.3) is 0 Å². The van der Waals surface area contributed by atoms with Crippen molar-refractivity contribution >= 4 is 46.6 Å². The highest BCUT2D eigenvalue weighted by molar-refractivity contribution is 6.29. The van der Waals surface area contributed by atoms with Gasteiger partial charge in [0.05, 0.1) is 11.9 Å². The van der Waals surface area contributed by atoms with Crippen LogP contribution in [-0.2, 0) is 4.79 Å². The zero-order valence-electron chi connectivity index (χ0n) is 18.6. The Balaban J connectivity index is 1.31. The van der Waals surface area contributed by atoms with E-state index in [-0.39, 0.29) is 5.91 Å². The molecule has 174 valence electrons. The number of hydrogen-bond donors (Lipinski definition) is 3. The van der Waals surface area contributed by atoms with Crippen LogP contribution in [0.2, 0.25) is 5.15 Å². The summed E-state index contributed by atoms with van der Waals surface area (Å²) in [5.74, 6) is 2.24. The molecular weight excluding hydrogens is 454 g/mol. The number of rotatable bonds is 6. The van der Waals surface area contributed by atoms with Crippen LogP contribution in [0, 0.1) is 0 Å². The number of amides is 1. The van der Waals surface area contributed by atoms with Crippen LogP contribution in [-0.4, -0.2) is 47.5 Å². The van der Waals surface area contributed by atoms with Crippen LogP contribution in [0.3, 0.4) is 0 Å². The van der Waals surface area contributed by atoms with Crippen LogP contribution >= 0.6 is 11.6 Å². The maximum Gasteiger partial charge on any atom is 0.250 e. The van der Waals surface area contributed by atoms with Crippen LogP contribution in [0.15, 0.2) is 42.7 Å². The number of anilines is 4. The van der Waals surface area contributed by atoms with Gasteiger partial charge in [0.2, 0.25) is 17.8 Å². The summed E-state index contributed by atoms with van der Waals surface area (Å²) < 4.78 is 1.88. The molecule has 0 bridgehead atoms. The number of halogens is 1. The molecule has 2 aliphatic rings. The fourth-order valence-electron chi connectivity index (χ4n) is 4.48. The fourth-order valence-corrected chi connectivity index (χ4v) is 4.59. The largest absolute Gasteiger partial charge is 0.326 e. The lowest BCUT2D eigenvalue weighted by molar-refractivity contribution is -0.120. The van der Waals surface area contributed by atoms with E-state index in [4.69, 9.17) is 21.6 Å². The summed E-state index contributed by atoms with van der Waals surface area (Å²) >= 11 is 5.87. The first-order valence-corrected chi connectivity index (χ1v) is 11.8. The predicted octanol–water partition coefficient (Wildman–Crippen LogP) is 4.12. The minimum absolute atomic E-state index is 0.135. The summed E-state index contributed by atoms with van der Waals surface area (Å²) in [6.07, 6.45) is 7.38. The van der Waals surface area contributed by atoms with Crippen LogP contribution in [0.1, 0.15) is 44.2 Å². The van der Waals surface area contributed by atoms with E-state index >= 15 is 0 Å². The third-order valence-corrected chi connectivity index (χ3v) is 6.81. The number of H-pyrrole nitrogens is 1. The number of aromatic nitrogens is 6. The third kappa shape index (κ3) is 3.73. The van der Waals surface area contributed by atoms with E-state index in [0.29, 0.717) is 47.4 Å². The molecule has 1 aliphatic carbocycles. The van der Waals surface area contributed by atoms with Gasteiger partial charge in [-0.2, -0.15) is 15.1 Å². The van der Waals surface area contributed by atoms with Gasteiger partial charge in [0.1, 0.15) is 16.3 Å². The lowest BCUT2D eigenvalue weighted by Gasteiger charge is -2.34. The van der Waals surface area contributed by atoms with Crippen molar-refractivity contribution in [1.82, 2.24) is 29.5 Å². The molecule has 2 fully saturated rings. The van der Waals surface area contributed by atoms with Crippen molar-refractivity contribution in [1.29, 1.82) is 0 Å². The first kappa shape index (κ1) is 20.9. The number of carbonyl (C=O) groups excluding carboxylic acids is 1. The molecule has 4 aromatic rings. The maximum absolute atomic E-state index is 13.4. The van der Waals surface area contributed by atoms with Crippen molar-refractivity contribution in [3.63, 3.8) is 0 Å². The molecule has 1 amide bonds. The van der Waals surface area contributed by atoms with Crippen molar-refractivity contribution in [3.8, 4) is 0 Å². The summed E-state index contributed by atoms with van der Waals surface area (Å²) in [6, 6.07) is 9.26. The molecule has 1 saturated heterocycles. The molecular formula is C23H24ClN9O. The molecule has 34 heavy (non-hydrogen) atoms. The van der Waals surface area contributed by atoms with Gasteiger partial charge in [-0.15, -0.1) is 0 Å². The number of pyridine rings is 1. The van der Waals surface area contributed by atoms with E-state index in [9.17, 15) is 4.79 Å². The predicted molar refractivity (Wildman–Crippen MR) is 130 cm³/mol. The van der Waals surface area contributed by atoms with E-state index in [0.717, 1.165) is 17.8 Å². The Hall–Kier alpha value is -3.66. The summed E-state index contributed by atoms with van der Waals surface area (Å²) in [4.78, 5) is 29.0. The van der Waals surface area contributed by atoms with Crippen molar-refractivity contribution in [2.75, 3.05) is 22.1 Å². The smallest absolute Gasteiger partial charge is 0.250 e. The van der Waals surface area contributed by atoms with Gasteiger partial charge in [0.15, 0.2) is 5.82 Å². The monoisotopic (exact) mass is 477 g/mol. The van der Waals surface area contributed by atoms with Crippen molar-refractivity contribution in [2.45, 2.75) is 44.1 Å². The summed E-state index contributed by atoms with van der Waals surface area (Å²) in [5, 5.41) is 14.2.